The van der Waals surface area contributed by atoms with Gasteiger partial charge in [0.15, 0.2) is 8.32 Å². The number of rotatable bonds is 13. The number of benzene rings is 1. The van der Waals surface area contributed by atoms with E-state index in [0.29, 0.717) is 12.8 Å². The minimum absolute atomic E-state index is 0.00875. The molecule has 3 aliphatic carbocycles. The van der Waals surface area contributed by atoms with Gasteiger partial charge in [-0.1, -0.05) is 71.7 Å². The standard InChI is InChI=1S/C36H56O6Si.C5H8O/c1-24(2)30-18-27-20-35(23-38,36(30,21-27)33(39)41-22-26-13-15-28(40-7)16-14-26)31-19-32(42-43(8,9)34(4,5)6)25(3)29(31)12-10-11-17-37;1-2-4-6-5-3-1/h13-16,18,23-25,27,29,31-32,37H,10-12,17,19-22H2,1-9H3;2,4H,1,3,5H2/t25?,27?,29?,31?,32?,35-,36+;/m0./s1. The second kappa shape index (κ2) is 16.3. The number of hydrogen-bond acceptors (Lipinski definition) is 7. The maximum Gasteiger partial charge on any atom is 0.317 e. The fourth-order valence-electron chi connectivity index (χ4n) is 8.97. The van der Waals surface area contributed by atoms with Crippen molar-refractivity contribution in [3.8, 4) is 5.75 Å². The summed E-state index contributed by atoms with van der Waals surface area (Å²) in [6.07, 6.45) is 14.4. The normalized spacial score (nSPS) is 30.8. The molecule has 2 fully saturated rings. The number of unbranched alkanes of at least 4 members (excludes halogenated alkanes) is 1. The largest absolute Gasteiger partial charge is 0.502 e. The van der Waals surface area contributed by atoms with Crippen LogP contribution in [0.5, 0.6) is 5.75 Å². The molecule has 1 aromatic rings. The molecule has 5 rings (SSSR count). The van der Waals surface area contributed by atoms with E-state index in [1.54, 1.807) is 13.4 Å². The zero-order valence-electron chi connectivity index (χ0n) is 31.8. The SMILES string of the molecule is C1=COCCC1.COc1ccc(COC(=O)[C@@]23CC(C=C2C(C)C)C[C@]3(C=O)C2CC(O[Si](C)(C)C(C)(C)C)C(C)C2CCCCO)cc1. The van der Waals surface area contributed by atoms with Gasteiger partial charge >= 0.3 is 5.97 Å². The van der Waals surface area contributed by atoms with Crippen LogP contribution in [-0.2, 0) is 30.1 Å². The fraction of sp³-hybridized carbons (Fsp3) is 0.707. The van der Waals surface area contributed by atoms with Gasteiger partial charge in [-0.05, 0) is 116 Å². The number of aliphatic hydroxyl groups excluding tert-OH is 1. The molecule has 0 amide bonds. The molecule has 1 N–H and O–H groups in total. The maximum absolute atomic E-state index is 14.6. The first-order chi connectivity index (χ1) is 23.2. The van der Waals surface area contributed by atoms with E-state index < -0.39 is 19.1 Å². The monoisotopic (exact) mass is 696 g/mol. The van der Waals surface area contributed by atoms with E-state index in [0.717, 1.165) is 49.2 Å². The molecule has 8 heteroatoms. The molecule has 1 aliphatic heterocycles. The first-order valence-electron chi connectivity index (χ1n) is 18.7. The van der Waals surface area contributed by atoms with Crippen LogP contribution in [0, 0.1) is 40.4 Å². The molecule has 2 saturated carbocycles. The van der Waals surface area contributed by atoms with Crippen molar-refractivity contribution < 1.29 is 33.3 Å². The third-order valence-corrected chi connectivity index (χ3v) is 17.0. The Morgan fingerprint density at radius 2 is 1.86 bits per heavy atom. The lowest BCUT2D eigenvalue weighted by Crippen LogP contribution is -2.53. The first kappa shape index (κ1) is 39.4. The summed E-state index contributed by atoms with van der Waals surface area (Å²) in [7, 11) is -0.438. The van der Waals surface area contributed by atoms with E-state index in [2.05, 4.69) is 60.7 Å². The van der Waals surface area contributed by atoms with Crippen LogP contribution in [0.2, 0.25) is 18.1 Å². The van der Waals surface area contributed by atoms with E-state index in [1.165, 1.54) is 19.1 Å². The second-order valence-corrected chi connectivity index (χ2v) is 21.6. The number of aldehydes is 1. The van der Waals surface area contributed by atoms with Crippen LogP contribution in [0.3, 0.4) is 0 Å². The predicted octanol–water partition coefficient (Wildman–Crippen LogP) is 9.05. The third kappa shape index (κ3) is 8.07. The van der Waals surface area contributed by atoms with E-state index >= 15 is 0 Å². The highest BCUT2D eigenvalue weighted by Gasteiger charge is 2.72. The minimum atomic E-state index is -2.07. The van der Waals surface area contributed by atoms with Gasteiger partial charge in [0.05, 0.1) is 20.0 Å². The van der Waals surface area contributed by atoms with Crippen molar-refractivity contribution in [2.24, 2.45) is 40.4 Å². The van der Waals surface area contributed by atoms with E-state index in [-0.39, 0.29) is 59.9 Å². The summed E-state index contributed by atoms with van der Waals surface area (Å²) in [6, 6.07) is 7.58. The second-order valence-electron chi connectivity index (χ2n) is 16.8. The lowest BCUT2D eigenvalue weighted by atomic mass is 9.52. The van der Waals surface area contributed by atoms with Gasteiger partial charge in [0.1, 0.15) is 24.1 Å². The molecule has 7 nitrogen and oxygen atoms in total. The van der Waals surface area contributed by atoms with Gasteiger partial charge in [-0.3, -0.25) is 4.79 Å². The smallest absolute Gasteiger partial charge is 0.317 e. The number of fused-ring (bicyclic) bond motifs is 2. The van der Waals surface area contributed by atoms with E-state index in [1.807, 2.05) is 30.3 Å². The highest BCUT2D eigenvalue weighted by Crippen LogP contribution is 2.71. The molecule has 4 aliphatic rings. The van der Waals surface area contributed by atoms with Crippen LogP contribution in [0.4, 0.5) is 0 Å². The molecule has 0 spiro atoms. The van der Waals surface area contributed by atoms with Crippen molar-refractivity contribution in [3.63, 3.8) is 0 Å². The van der Waals surface area contributed by atoms with Crippen molar-refractivity contribution in [3.05, 3.63) is 53.8 Å². The summed E-state index contributed by atoms with van der Waals surface area (Å²) in [6.45, 7) is 19.2. The Balaban J connectivity index is 0.000000812. The zero-order chi connectivity index (χ0) is 36.0. The van der Waals surface area contributed by atoms with Gasteiger partial charge in [-0.25, -0.2) is 0 Å². The van der Waals surface area contributed by atoms with Crippen LogP contribution in [0.1, 0.15) is 98.5 Å². The number of aliphatic hydroxyl groups is 1. The van der Waals surface area contributed by atoms with Crippen LogP contribution >= 0.6 is 0 Å². The molecular weight excluding hydrogens is 633 g/mol. The van der Waals surface area contributed by atoms with Crippen molar-refractivity contribution >= 4 is 20.6 Å². The molecule has 1 heterocycles. The van der Waals surface area contributed by atoms with Crippen LogP contribution in [0.15, 0.2) is 48.3 Å². The molecule has 49 heavy (non-hydrogen) atoms. The summed E-state index contributed by atoms with van der Waals surface area (Å²) >= 11 is 0. The lowest BCUT2D eigenvalue weighted by molar-refractivity contribution is -0.167. The Morgan fingerprint density at radius 3 is 2.37 bits per heavy atom. The van der Waals surface area contributed by atoms with Gasteiger partial charge in [0.25, 0.3) is 0 Å². The highest BCUT2D eigenvalue weighted by molar-refractivity contribution is 6.74. The van der Waals surface area contributed by atoms with Gasteiger partial charge in [0.2, 0.25) is 0 Å². The minimum Gasteiger partial charge on any atom is -0.502 e. The fourth-order valence-corrected chi connectivity index (χ4v) is 10.4. The molecule has 1 aromatic carbocycles. The molecular formula is C41H64O7Si. The Hall–Kier alpha value is -2.42. The number of hydrogen-bond donors (Lipinski definition) is 1. The first-order valence-corrected chi connectivity index (χ1v) is 21.6. The number of allylic oxidation sites excluding steroid dienone is 2. The summed E-state index contributed by atoms with van der Waals surface area (Å²) in [5.41, 5.74) is 0.160. The van der Waals surface area contributed by atoms with Crippen molar-refractivity contribution in [2.45, 2.75) is 124 Å². The molecule has 0 radical (unpaired) electrons. The molecule has 0 saturated heterocycles. The van der Waals surface area contributed by atoms with Crippen molar-refractivity contribution in [2.75, 3.05) is 20.3 Å². The van der Waals surface area contributed by atoms with Crippen molar-refractivity contribution in [1.29, 1.82) is 0 Å². The zero-order valence-corrected chi connectivity index (χ0v) is 32.8. The predicted molar refractivity (Wildman–Crippen MR) is 197 cm³/mol. The quantitative estimate of drug-likeness (QED) is 0.0724. The van der Waals surface area contributed by atoms with Crippen LogP contribution in [-0.4, -0.2) is 52.1 Å². The topological polar surface area (TPSA) is 91.3 Å². The molecule has 2 bridgehead atoms. The van der Waals surface area contributed by atoms with Gasteiger partial charge in [-0.2, -0.15) is 0 Å². The van der Waals surface area contributed by atoms with Crippen LogP contribution < -0.4 is 4.74 Å². The van der Waals surface area contributed by atoms with E-state index in [4.69, 9.17) is 18.6 Å². The Labute approximate surface area is 297 Å². The number of carbonyl (C=O) groups is 2. The Bertz CT molecular complexity index is 1300. The highest BCUT2D eigenvalue weighted by atomic mass is 28.4. The Morgan fingerprint density at radius 1 is 1.14 bits per heavy atom. The maximum atomic E-state index is 14.6. The third-order valence-electron chi connectivity index (χ3n) is 12.5. The molecule has 0 aromatic heterocycles. The van der Waals surface area contributed by atoms with Gasteiger partial charge in [0, 0.05) is 18.1 Å². The average molecular weight is 697 g/mol. The summed E-state index contributed by atoms with van der Waals surface area (Å²) in [5, 5.41) is 9.68. The summed E-state index contributed by atoms with van der Waals surface area (Å²) in [4.78, 5) is 28.3. The average Bonchev–Trinajstić information content (AvgIpc) is 3.73. The number of ether oxygens (including phenoxy) is 3. The molecule has 5 unspecified atom stereocenters. The molecule has 7 atom stereocenters. The number of carbonyl (C=O) groups excluding carboxylic acids is 2. The van der Waals surface area contributed by atoms with Gasteiger partial charge < -0.3 is 28.5 Å². The van der Waals surface area contributed by atoms with Crippen molar-refractivity contribution in [1.82, 2.24) is 0 Å². The summed E-state index contributed by atoms with van der Waals surface area (Å²) < 4.78 is 23.5. The lowest BCUT2D eigenvalue weighted by Gasteiger charge is -2.49. The number of methoxy groups -OCH3 is 1. The summed E-state index contributed by atoms with van der Waals surface area (Å²) in [5.74, 6) is 1.30. The van der Waals surface area contributed by atoms with E-state index in [9.17, 15) is 14.7 Å². The van der Waals surface area contributed by atoms with Crippen LogP contribution in [0.25, 0.3) is 0 Å². The van der Waals surface area contributed by atoms with Gasteiger partial charge in [-0.15, -0.1) is 0 Å². The number of esters is 1. The molecule has 274 valence electrons. The Kier molecular flexibility index (Phi) is 13.1.